The molecule has 1 atom stereocenters. The van der Waals surface area contributed by atoms with Crippen molar-refractivity contribution < 1.29 is 14.6 Å². The third-order valence-electron chi connectivity index (χ3n) is 2.37. The lowest BCUT2D eigenvalue weighted by molar-refractivity contribution is -0.143. The van der Waals surface area contributed by atoms with E-state index in [9.17, 15) is 9.90 Å². The molecule has 1 unspecified atom stereocenters. The Balaban J connectivity index is 2.50. The van der Waals surface area contributed by atoms with Crippen LogP contribution in [-0.4, -0.2) is 22.7 Å². The van der Waals surface area contributed by atoms with Crippen molar-refractivity contribution in [2.45, 2.75) is 32.8 Å². The van der Waals surface area contributed by atoms with Gasteiger partial charge in [-0.1, -0.05) is 0 Å². The lowest BCUT2D eigenvalue weighted by Crippen LogP contribution is -2.08. The van der Waals surface area contributed by atoms with Crippen LogP contribution in [0.15, 0.2) is 18.5 Å². The van der Waals surface area contributed by atoms with Crippen LogP contribution in [0, 0.1) is 6.92 Å². The monoisotopic (exact) mass is 223 g/mol. The van der Waals surface area contributed by atoms with Gasteiger partial charge in [0.1, 0.15) is 0 Å². The Labute approximate surface area is 95.3 Å². The van der Waals surface area contributed by atoms with E-state index in [1.165, 1.54) is 0 Å². The predicted octanol–water partition coefficient (Wildman–Crippen LogP) is 1.77. The second-order valence-electron chi connectivity index (χ2n) is 3.59. The third kappa shape index (κ3) is 3.62. The standard InChI is InChI=1S/C12H17NO3/c1-3-16-12(15)5-4-11(14)10-8-13-7-6-9(10)2/h6-8,11,14H,3-5H2,1-2H3. The van der Waals surface area contributed by atoms with Gasteiger partial charge in [0.25, 0.3) is 0 Å². The number of ether oxygens (including phenoxy) is 1. The Hall–Kier alpha value is -1.42. The van der Waals surface area contributed by atoms with Crippen molar-refractivity contribution in [3.63, 3.8) is 0 Å². The zero-order chi connectivity index (χ0) is 12.0. The van der Waals surface area contributed by atoms with Gasteiger partial charge in [-0.25, -0.2) is 0 Å². The molecule has 0 radical (unpaired) electrons. The molecule has 0 saturated carbocycles. The molecule has 0 aliphatic carbocycles. The summed E-state index contributed by atoms with van der Waals surface area (Å²) in [5, 5.41) is 9.87. The van der Waals surface area contributed by atoms with Crippen LogP contribution in [0.3, 0.4) is 0 Å². The highest BCUT2D eigenvalue weighted by Crippen LogP contribution is 2.20. The van der Waals surface area contributed by atoms with Gasteiger partial charge in [0.05, 0.1) is 12.7 Å². The van der Waals surface area contributed by atoms with Gasteiger partial charge < -0.3 is 9.84 Å². The highest BCUT2D eigenvalue weighted by atomic mass is 16.5. The Kier molecular flexibility index (Phi) is 4.92. The number of aliphatic hydroxyl groups excluding tert-OH is 1. The van der Waals surface area contributed by atoms with Crippen LogP contribution in [0.2, 0.25) is 0 Å². The van der Waals surface area contributed by atoms with Crippen molar-refractivity contribution >= 4 is 5.97 Å². The number of carbonyl (C=O) groups is 1. The molecule has 0 amide bonds. The van der Waals surface area contributed by atoms with Crippen molar-refractivity contribution in [1.29, 1.82) is 0 Å². The molecule has 1 aromatic rings. The molecule has 0 aromatic carbocycles. The van der Waals surface area contributed by atoms with Crippen LogP contribution >= 0.6 is 0 Å². The molecule has 0 bridgehead atoms. The molecule has 4 heteroatoms. The summed E-state index contributed by atoms with van der Waals surface area (Å²) in [5.74, 6) is -0.275. The maximum Gasteiger partial charge on any atom is 0.305 e. The van der Waals surface area contributed by atoms with E-state index < -0.39 is 6.10 Å². The number of carbonyl (C=O) groups excluding carboxylic acids is 1. The number of nitrogens with zero attached hydrogens (tertiary/aromatic N) is 1. The van der Waals surface area contributed by atoms with Crippen molar-refractivity contribution in [2.24, 2.45) is 0 Å². The van der Waals surface area contributed by atoms with Gasteiger partial charge in [0.15, 0.2) is 0 Å². The van der Waals surface area contributed by atoms with Crippen molar-refractivity contribution in [1.82, 2.24) is 4.98 Å². The quantitative estimate of drug-likeness (QED) is 0.773. The SMILES string of the molecule is CCOC(=O)CCC(O)c1cnccc1C. The van der Waals surface area contributed by atoms with E-state index in [-0.39, 0.29) is 12.4 Å². The minimum Gasteiger partial charge on any atom is -0.466 e. The van der Waals surface area contributed by atoms with Crippen LogP contribution in [0.5, 0.6) is 0 Å². The van der Waals surface area contributed by atoms with E-state index in [1.54, 1.807) is 19.3 Å². The van der Waals surface area contributed by atoms with E-state index in [2.05, 4.69) is 4.98 Å². The summed E-state index contributed by atoms with van der Waals surface area (Å²) in [6.07, 6.45) is 3.25. The van der Waals surface area contributed by atoms with Crippen molar-refractivity contribution in [3.05, 3.63) is 29.6 Å². The molecule has 4 nitrogen and oxygen atoms in total. The number of hydrogen-bond acceptors (Lipinski definition) is 4. The Morgan fingerprint density at radius 1 is 1.62 bits per heavy atom. The van der Waals surface area contributed by atoms with Crippen molar-refractivity contribution in [2.75, 3.05) is 6.61 Å². The number of aryl methyl sites for hydroxylation is 1. The first-order chi connectivity index (χ1) is 7.65. The van der Waals surface area contributed by atoms with Crippen LogP contribution < -0.4 is 0 Å². The number of aromatic nitrogens is 1. The first-order valence-corrected chi connectivity index (χ1v) is 5.39. The molecule has 88 valence electrons. The minimum absolute atomic E-state index is 0.226. The minimum atomic E-state index is -0.655. The number of pyridine rings is 1. The summed E-state index contributed by atoms with van der Waals surface area (Å²) in [6, 6.07) is 1.84. The summed E-state index contributed by atoms with van der Waals surface area (Å²) in [7, 11) is 0. The zero-order valence-corrected chi connectivity index (χ0v) is 9.64. The molecule has 1 rings (SSSR count). The van der Waals surface area contributed by atoms with Gasteiger partial charge in [-0.05, 0) is 31.9 Å². The molecule has 1 heterocycles. The molecule has 0 fully saturated rings. The van der Waals surface area contributed by atoms with E-state index in [0.29, 0.717) is 13.0 Å². The molecule has 0 saturated heterocycles. The van der Waals surface area contributed by atoms with E-state index >= 15 is 0 Å². The van der Waals surface area contributed by atoms with Crippen molar-refractivity contribution in [3.8, 4) is 0 Å². The fourth-order valence-electron chi connectivity index (χ4n) is 1.47. The summed E-state index contributed by atoms with van der Waals surface area (Å²) in [5.41, 5.74) is 1.75. The molecule has 0 aliphatic rings. The van der Waals surface area contributed by atoms with Gasteiger partial charge >= 0.3 is 5.97 Å². The Morgan fingerprint density at radius 2 is 2.38 bits per heavy atom. The zero-order valence-electron chi connectivity index (χ0n) is 9.64. The lowest BCUT2D eigenvalue weighted by Gasteiger charge is -2.12. The summed E-state index contributed by atoms with van der Waals surface area (Å²) in [6.45, 7) is 4.05. The number of rotatable bonds is 5. The number of esters is 1. The Morgan fingerprint density at radius 3 is 3.00 bits per heavy atom. The molecule has 0 aliphatic heterocycles. The molecular weight excluding hydrogens is 206 g/mol. The summed E-state index contributed by atoms with van der Waals surface area (Å²) in [4.78, 5) is 15.1. The lowest BCUT2D eigenvalue weighted by atomic mass is 10.0. The maximum atomic E-state index is 11.1. The molecular formula is C12H17NO3. The normalized spacial score (nSPS) is 12.2. The average molecular weight is 223 g/mol. The smallest absolute Gasteiger partial charge is 0.305 e. The number of aliphatic hydroxyl groups is 1. The molecule has 1 aromatic heterocycles. The third-order valence-corrected chi connectivity index (χ3v) is 2.37. The van der Waals surface area contributed by atoms with E-state index in [4.69, 9.17) is 4.74 Å². The Bertz CT molecular complexity index is 352. The fraction of sp³-hybridized carbons (Fsp3) is 0.500. The highest BCUT2D eigenvalue weighted by molar-refractivity contribution is 5.69. The first-order valence-electron chi connectivity index (χ1n) is 5.39. The van der Waals surface area contributed by atoms with E-state index in [0.717, 1.165) is 11.1 Å². The van der Waals surface area contributed by atoms with Crippen LogP contribution in [0.4, 0.5) is 0 Å². The average Bonchev–Trinajstić information content (AvgIpc) is 2.27. The maximum absolute atomic E-state index is 11.1. The van der Waals surface area contributed by atoms with Crippen LogP contribution in [0.1, 0.15) is 37.0 Å². The second kappa shape index (κ2) is 6.23. The van der Waals surface area contributed by atoms with Gasteiger partial charge in [-0.15, -0.1) is 0 Å². The van der Waals surface area contributed by atoms with Crippen LogP contribution in [0.25, 0.3) is 0 Å². The fourth-order valence-corrected chi connectivity index (χ4v) is 1.47. The highest BCUT2D eigenvalue weighted by Gasteiger charge is 2.12. The summed E-state index contributed by atoms with van der Waals surface area (Å²) < 4.78 is 4.79. The molecule has 1 N–H and O–H groups in total. The predicted molar refractivity (Wildman–Crippen MR) is 59.8 cm³/mol. The van der Waals surface area contributed by atoms with Gasteiger partial charge in [-0.3, -0.25) is 9.78 Å². The van der Waals surface area contributed by atoms with Gasteiger partial charge in [0, 0.05) is 24.4 Å². The first kappa shape index (κ1) is 12.6. The van der Waals surface area contributed by atoms with Gasteiger partial charge in [0.2, 0.25) is 0 Å². The van der Waals surface area contributed by atoms with E-state index in [1.807, 2.05) is 13.0 Å². The topological polar surface area (TPSA) is 59.4 Å². The second-order valence-corrected chi connectivity index (χ2v) is 3.59. The van der Waals surface area contributed by atoms with Crippen LogP contribution in [-0.2, 0) is 9.53 Å². The largest absolute Gasteiger partial charge is 0.466 e. The molecule has 0 spiro atoms. The molecule has 16 heavy (non-hydrogen) atoms. The van der Waals surface area contributed by atoms with Gasteiger partial charge in [-0.2, -0.15) is 0 Å². The summed E-state index contributed by atoms with van der Waals surface area (Å²) >= 11 is 0. The number of hydrogen-bond donors (Lipinski definition) is 1.